The van der Waals surface area contributed by atoms with Gasteiger partial charge in [0.1, 0.15) is 5.52 Å². The molecule has 0 atom stereocenters. The molecule has 0 N–H and O–H groups in total. The van der Waals surface area contributed by atoms with Gasteiger partial charge in [-0.2, -0.15) is 0 Å². The summed E-state index contributed by atoms with van der Waals surface area (Å²) >= 11 is 1.83. The van der Waals surface area contributed by atoms with Crippen molar-refractivity contribution in [2.45, 2.75) is 0 Å². The van der Waals surface area contributed by atoms with Crippen LogP contribution in [0.4, 0.5) is 0 Å². The van der Waals surface area contributed by atoms with Crippen LogP contribution in [0.25, 0.3) is 87.0 Å². The average molecular weight is 592 g/mol. The zero-order valence-corrected chi connectivity index (χ0v) is 25.0. The number of benzene rings is 6. The van der Waals surface area contributed by atoms with Crippen molar-refractivity contribution in [2.24, 2.45) is 0 Å². The van der Waals surface area contributed by atoms with Gasteiger partial charge in [-0.3, -0.25) is 0 Å². The van der Waals surface area contributed by atoms with Gasteiger partial charge < -0.3 is 0 Å². The number of rotatable bonds is 4. The normalized spacial score (nSPS) is 11.6. The van der Waals surface area contributed by atoms with Crippen LogP contribution in [0, 0.1) is 0 Å². The number of thiophene rings is 1. The zero-order valence-electron chi connectivity index (χ0n) is 24.2. The molecule has 0 amide bonds. The van der Waals surface area contributed by atoms with Crippen LogP contribution in [0.1, 0.15) is 0 Å². The topological polar surface area (TPSA) is 38.7 Å². The fourth-order valence-electron chi connectivity index (χ4n) is 6.30. The number of pyridine rings is 1. The molecule has 3 aromatic heterocycles. The molecule has 0 aliphatic rings. The second-order valence-electron chi connectivity index (χ2n) is 11.2. The van der Waals surface area contributed by atoms with Gasteiger partial charge in [0, 0.05) is 47.6 Å². The first-order chi connectivity index (χ1) is 22.3. The highest BCUT2D eigenvalue weighted by Gasteiger charge is 2.18. The summed E-state index contributed by atoms with van der Waals surface area (Å²) in [7, 11) is 0. The highest BCUT2D eigenvalue weighted by molar-refractivity contribution is 7.25. The van der Waals surface area contributed by atoms with E-state index in [0.29, 0.717) is 5.82 Å². The number of hydrogen-bond acceptors (Lipinski definition) is 4. The van der Waals surface area contributed by atoms with E-state index in [0.717, 1.165) is 61.0 Å². The maximum absolute atomic E-state index is 5.41. The minimum Gasteiger partial charge on any atom is -0.245 e. The minimum absolute atomic E-state index is 0.689. The van der Waals surface area contributed by atoms with E-state index >= 15 is 0 Å². The third kappa shape index (κ3) is 4.38. The van der Waals surface area contributed by atoms with Crippen molar-refractivity contribution in [1.82, 2.24) is 15.0 Å². The minimum atomic E-state index is 0.689. The molecular formula is C41H25N3S. The molecule has 0 saturated carbocycles. The summed E-state index contributed by atoms with van der Waals surface area (Å²) < 4.78 is 2.58. The van der Waals surface area contributed by atoms with Crippen molar-refractivity contribution in [1.29, 1.82) is 0 Å². The van der Waals surface area contributed by atoms with Gasteiger partial charge in [0.15, 0.2) is 5.82 Å². The van der Waals surface area contributed by atoms with Gasteiger partial charge in [0.25, 0.3) is 0 Å². The van der Waals surface area contributed by atoms with Gasteiger partial charge in [-0.05, 0) is 41.5 Å². The number of nitrogens with zero attached hydrogens (tertiary/aromatic N) is 3. The van der Waals surface area contributed by atoms with Crippen molar-refractivity contribution in [3.05, 3.63) is 152 Å². The summed E-state index contributed by atoms with van der Waals surface area (Å²) in [5.74, 6) is 0.689. The first kappa shape index (κ1) is 25.8. The molecule has 210 valence electrons. The predicted molar refractivity (Wildman–Crippen MR) is 189 cm³/mol. The SMILES string of the molecule is c1ccc(-c2nc(-c3ccccc3)c3ccc4c(-c5ccccc5)cc(-c5ccc6sc7ccccc7c6c5)nc4c3n2)cc1. The Kier molecular flexibility index (Phi) is 6.00. The van der Waals surface area contributed by atoms with Crippen LogP contribution in [0.5, 0.6) is 0 Å². The Morgan fingerprint density at radius 2 is 1.00 bits per heavy atom. The Morgan fingerprint density at radius 3 is 1.78 bits per heavy atom. The Bertz CT molecular complexity index is 2520. The van der Waals surface area contributed by atoms with E-state index in [-0.39, 0.29) is 0 Å². The van der Waals surface area contributed by atoms with Gasteiger partial charge >= 0.3 is 0 Å². The first-order valence-corrected chi connectivity index (χ1v) is 15.9. The van der Waals surface area contributed by atoms with Crippen LogP contribution in [0.15, 0.2) is 152 Å². The van der Waals surface area contributed by atoms with E-state index in [1.165, 1.54) is 20.2 Å². The summed E-state index contributed by atoms with van der Waals surface area (Å²) in [5, 5.41) is 4.59. The molecule has 45 heavy (non-hydrogen) atoms. The van der Waals surface area contributed by atoms with Crippen molar-refractivity contribution in [3.8, 4) is 45.0 Å². The Morgan fingerprint density at radius 1 is 0.378 bits per heavy atom. The highest BCUT2D eigenvalue weighted by atomic mass is 32.1. The summed E-state index contributed by atoms with van der Waals surface area (Å²) in [5.41, 5.74) is 8.94. The van der Waals surface area contributed by atoms with E-state index in [2.05, 4.69) is 127 Å². The molecule has 0 unspecified atom stereocenters. The number of hydrogen-bond donors (Lipinski definition) is 0. The molecular weight excluding hydrogens is 567 g/mol. The molecule has 0 aliphatic heterocycles. The molecule has 3 heterocycles. The van der Waals surface area contributed by atoms with Crippen molar-refractivity contribution in [3.63, 3.8) is 0 Å². The molecule has 4 heteroatoms. The molecule has 0 fully saturated rings. The number of fused-ring (bicyclic) bond motifs is 6. The van der Waals surface area contributed by atoms with Crippen LogP contribution >= 0.6 is 11.3 Å². The molecule has 0 saturated heterocycles. The standard InChI is InChI=1S/C41H25N3S/c1-4-12-26(13-5-1)33-25-35(29-20-23-37-34(24-29)30-18-10-11-19-36(30)45-37)42-39-31(33)21-22-32-38(27-14-6-2-7-15-27)43-41(44-40(32)39)28-16-8-3-9-17-28/h1-25H. The van der Waals surface area contributed by atoms with E-state index < -0.39 is 0 Å². The van der Waals surface area contributed by atoms with Gasteiger partial charge in [-0.25, -0.2) is 15.0 Å². The lowest BCUT2D eigenvalue weighted by Gasteiger charge is -2.15. The van der Waals surface area contributed by atoms with Crippen LogP contribution < -0.4 is 0 Å². The number of aromatic nitrogens is 3. The summed E-state index contributed by atoms with van der Waals surface area (Å²) in [4.78, 5) is 15.8. The van der Waals surface area contributed by atoms with Crippen molar-refractivity contribution < 1.29 is 0 Å². The lowest BCUT2D eigenvalue weighted by molar-refractivity contribution is 1.23. The Balaban J connectivity index is 1.38. The van der Waals surface area contributed by atoms with Gasteiger partial charge in [-0.1, -0.05) is 121 Å². The summed E-state index contributed by atoms with van der Waals surface area (Å²) in [6, 6.07) is 53.1. The molecule has 0 bridgehead atoms. The largest absolute Gasteiger partial charge is 0.245 e. The van der Waals surface area contributed by atoms with Gasteiger partial charge in [0.05, 0.1) is 16.9 Å². The fraction of sp³-hybridized carbons (Fsp3) is 0. The van der Waals surface area contributed by atoms with E-state index in [9.17, 15) is 0 Å². The lowest BCUT2D eigenvalue weighted by atomic mass is 9.95. The van der Waals surface area contributed by atoms with E-state index in [1.54, 1.807) is 0 Å². The Hall–Kier alpha value is -5.71. The van der Waals surface area contributed by atoms with Crippen LogP contribution in [-0.4, -0.2) is 15.0 Å². The smallest absolute Gasteiger partial charge is 0.160 e. The third-order valence-corrected chi connectivity index (χ3v) is 9.63. The van der Waals surface area contributed by atoms with Crippen LogP contribution in [-0.2, 0) is 0 Å². The molecule has 3 nitrogen and oxygen atoms in total. The maximum Gasteiger partial charge on any atom is 0.160 e. The Labute approximate surface area is 264 Å². The summed E-state index contributed by atoms with van der Waals surface area (Å²) in [6.45, 7) is 0. The maximum atomic E-state index is 5.41. The van der Waals surface area contributed by atoms with Crippen LogP contribution in [0.3, 0.4) is 0 Å². The lowest BCUT2D eigenvalue weighted by Crippen LogP contribution is -1.98. The van der Waals surface area contributed by atoms with Gasteiger partial charge in [0.2, 0.25) is 0 Å². The van der Waals surface area contributed by atoms with Crippen molar-refractivity contribution in [2.75, 3.05) is 0 Å². The second kappa shape index (κ2) is 10.5. The quantitative estimate of drug-likeness (QED) is 0.191. The monoisotopic (exact) mass is 591 g/mol. The second-order valence-corrected chi connectivity index (χ2v) is 12.3. The molecule has 9 rings (SSSR count). The third-order valence-electron chi connectivity index (χ3n) is 8.48. The highest BCUT2D eigenvalue weighted by Crippen LogP contribution is 2.40. The molecule has 0 spiro atoms. The molecule has 6 aromatic carbocycles. The molecule has 0 aliphatic carbocycles. The average Bonchev–Trinajstić information content (AvgIpc) is 3.50. The molecule has 0 radical (unpaired) electrons. The van der Waals surface area contributed by atoms with E-state index in [4.69, 9.17) is 15.0 Å². The van der Waals surface area contributed by atoms with Crippen molar-refractivity contribution >= 4 is 53.3 Å². The summed E-state index contributed by atoms with van der Waals surface area (Å²) in [6.07, 6.45) is 0. The zero-order chi connectivity index (χ0) is 29.7. The fourth-order valence-corrected chi connectivity index (χ4v) is 7.39. The molecule has 9 aromatic rings. The predicted octanol–water partition coefficient (Wildman–Crippen LogP) is 11.2. The van der Waals surface area contributed by atoms with Gasteiger partial charge in [-0.15, -0.1) is 11.3 Å². The first-order valence-electron chi connectivity index (χ1n) is 15.0. The van der Waals surface area contributed by atoms with E-state index in [1.807, 2.05) is 35.6 Å². The van der Waals surface area contributed by atoms with Crippen LogP contribution in [0.2, 0.25) is 0 Å².